The summed E-state index contributed by atoms with van der Waals surface area (Å²) in [5, 5.41) is 0. The molecule has 1 amide bonds. The Bertz CT molecular complexity index is 804. The Hall–Kier alpha value is -2.27. The van der Waals surface area contributed by atoms with Gasteiger partial charge in [0.15, 0.2) is 0 Å². The normalized spacial score (nSPS) is 20.1. The number of amides is 1. The number of anilines is 1. The van der Waals surface area contributed by atoms with Gasteiger partial charge < -0.3 is 4.90 Å². The van der Waals surface area contributed by atoms with Crippen LogP contribution in [0.5, 0.6) is 0 Å². The Morgan fingerprint density at radius 1 is 1.24 bits per heavy atom. The Kier molecular flexibility index (Phi) is 4.25. The highest BCUT2D eigenvalue weighted by Gasteiger charge is 2.30. The minimum Gasteiger partial charge on any atom is -0.308 e. The number of hydrogen-bond donors (Lipinski definition) is 0. The molecule has 0 spiro atoms. The lowest BCUT2D eigenvalue weighted by atomic mass is 9.96. The topological polar surface area (TPSA) is 49.3 Å². The second-order valence-electron chi connectivity index (χ2n) is 7.13. The molecule has 0 radical (unpaired) electrons. The van der Waals surface area contributed by atoms with Crippen LogP contribution in [-0.4, -0.2) is 39.9 Å². The summed E-state index contributed by atoms with van der Waals surface area (Å²) in [6.07, 6.45) is 4.92. The van der Waals surface area contributed by atoms with Gasteiger partial charge in [-0.3, -0.25) is 9.69 Å². The van der Waals surface area contributed by atoms with E-state index in [2.05, 4.69) is 40.0 Å². The summed E-state index contributed by atoms with van der Waals surface area (Å²) < 4.78 is 0. The van der Waals surface area contributed by atoms with Gasteiger partial charge in [0.05, 0.1) is 12.2 Å². The summed E-state index contributed by atoms with van der Waals surface area (Å²) in [7, 11) is 0. The van der Waals surface area contributed by atoms with Crippen LogP contribution in [0, 0.1) is 6.92 Å². The maximum absolute atomic E-state index is 13.1. The van der Waals surface area contributed by atoms with Crippen LogP contribution in [0.3, 0.4) is 0 Å². The van der Waals surface area contributed by atoms with E-state index in [1.54, 1.807) is 0 Å². The molecule has 0 fully saturated rings. The monoisotopic (exact) mass is 336 g/mol. The van der Waals surface area contributed by atoms with E-state index in [4.69, 9.17) is 0 Å². The van der Waals surface area contributed by atoms with Crippen molar-refractivity contribution in [1.82, 2.24) is 14.9 Å². The van der Waals surface area contributed by atoms with Crippen molar-refractivity contribution in [3.05, 3.63) is 53.1 Å². The third-order valence-corrected chi connectivity index (χ3v) is 5.30. The lowest BCUT2D eigenvalue weighted by Crippen LogP contribution is -2.48. The van der Waals surface area contributed by atoms with Crippen molar-refractivity contribution in [2.45, 2.75) is 45.7 Å². The zero-order chi connectivity index (χ0) is 17.4. The van der Waals surface area contributed by atoms with Gasteiger partial charge in [-0.15, -0.1) is 0 Å². The van der Waals surface area contributed by atoms with Crippen LogP contribution in [0.2, 0.25) is 0 Å². The molecule has 0 N–H and O–H groups in total. The van der Waals surface area contributed by atoms with E-state index in [0.29, 0.717) is 6.54 Å². The molecule has 2 aliphatic heterocycles. The average molecular weight is 336 g/mol. The molecule has 1 aromatic carbocycles. The maximum atomic E-state index is 13.1. The van der Waals surface area contributed by atoms with Crippen molar-refractivity contribution >= 4 is 11.6 Å². The standard InChI is InChI=1S/C20H24N4O/c1-14-7-8-16-5-3-4-6-19(16)24(14)20(25)13-23-10-9-17-11-21-15(2)22-18(17)12-23/h3-6,11,14H,7-10,12-13H2,1-2H3/t14-/m1/s1. The summed E-state index contributed by atoms with van der Waals surface area (Å²) in [6, 6.07) is 8.54. The summed E-state index contributed by atoms with van der Waals surface area (Å²) >= 11 is 0. The molecule has 25 heavy (non-hydrogen) atoms. The molecule has 1 atom stereocenters. The highest BCUT2D eigenvalue weighted by molar-refractivity contribution is 5.96. The zero-order valence-electron chi connectivity index (χ0n) is 14.9. The van der Waals surface area contributed by atoms with Crippen LogP contribution >= 0.6 is 0 Å². The van der Waals surface area contributed by atoms with E-state index in [1.807, 2.05) is 24.1 Å². The van der Waals surface area contributed by atoms with Crippen molar-refractivity contribution in [2.75, 3.05) is 18.0 Å². The minimum absolute atomic E-state index is 0.189. The maximum Gasteiger partial charge on any atom is 0.241 e. The third-order valence-electron chi connectivity index (χ3n) is 5.30. The van der Waals surface area contributed by atoms with Crippen molar-refractivity contribution in [2.24, 2.45) is 0 Å². The molecular weight excluding hydrogens is 312 g/mol. The van der Waals surface area contributed by atoms with Gasteiger partial charge in [0.2, 0.25) is 5.91 Å². The number of fused-ring (bicyclic) bond motifs is 2. The van der Waals surface area contributed by atoms with Gasteiger partial charge in [0.25, 0.3) is 0 Å². The molecule has 3 heterocycles. The Morgan fingerprint density at radius 3 is 2.96 bits per heavy atom. The highest BCUT2D eigenvalue weighted by atomic mass is 16.2. The molecule has 0 unspecified atom stereocenters. The van der Waals surface area contributed by atoms with Gasteiger partial charge in [-0.1, -0.05) is 18.2 Å². The molecular formula is C20H24N4O. The molecule has 2 aromatic rings. The number of para-hydroxylation sites is 1. The zero-order valence-corrected chi connectivity index (χ0v) is 14.9. The van der Waals surface area contributed by atoms with Crippen molar-refractivity contribution in [3.8, 4) is 0 Å². The first-order chi connectivity index (χ1) is 12.1. The summed E-state index contributed by atoms with van der Waals surface area (Å²) in [5.74, 6) is 0.986. The number of carbonyl (C=O) groups excluding carboxylic acids is 1. The van der Waals surface area contributed by atoms with Gasteiger partial charge in [-0.05, 0) is 50.3 Å². The summed E-state index contributed by atoms with van der Waals surface area (Å²) in [4.78, 5) is 26.1. The van der Waals surface area contributed by atoms with Crippen LogP contribution in [0.4, 0.5) is 5.69 Å². The predicted octanol–water partition coefficient (Wildman–Crippen LogP) is 2.51. The molecule has 4 rings (SSSR count). The first-order valence-electron chi connectivity index (χ1n) is 9.05. The van der Waals surface area contributed by atoms with Gasteiger partial charge in [-0.25, -0.2) is 9.97 Å². The van der Waals surface area contributed by atoms with Crippen molar-refractivity contribution in [3.63, 3.8) is 0 Å². The van der Waals surface area contributed by atoms with Crippen LogP contribution in [0.15, 0.2) is 30.5 Å². The van der Waals surface area contributed by atoms with E-state index < -0.39 is 0 Å². The number of aryl methyl sites for hydroxylation is 2. The predicted molar refractivity (Wildman–Crippen MR) is 97.5 cm³/mol. The van der Waals surface area contributed by atoms with E-state index in [9.17, 15) is 4.79 Å². The smallest absolute Gasteiger partial charge is 0.241 e. The fourth-order valence-electron chi connectivity index (χ4n) is 3.93. The van der Waals surface area contributed by atoms with E-state index >= 15 is 0 Å². The summed E-state index contributed by atoms with van der Waals surface area (Å²) in [5.41, 5.74) is 4.65. The van der Waals surface area contributed by atoms with Crippen LogP contribution in [0.25, 0.3) is 0 Å². The number of carbonyl (C=O) groups is 1. The third kappa shape index (κ3) is 3.16. The first kappa shape index (κ1) is 16.2. The Labute approximate surface area is 148 Å². The largest absolute Gasteiger partial charge is 0.308 e. The molecule has 5 nitrogen and oxygen atoms in total. The molecule has 2 aliphatic rings. The second-order valence-corrected chi connectivity index (χ2v) is 7.13. The highest BCUT2D eigenvalue weighted by Crippen LogP contribution is 2.30. The summed E-state index contributed by atoms with van der Waals surface area (Å²) in [6.45, 7) is 6.12. The molecule has 0 saturated carbocycles. The molecule has 1 aromatic heterocycles. The lowest BCUT2D eigenvalue weighted by Gasteiger charge is -2.37. The van der Waals surface area contributed by atoms with Gasteiger partial charge in [-0.2, -0.15) is 0 Å². The molecule has 0 bridgehead atoms. The van der Waals surface area contributed by atoms with Gasteiger partial charge in [0, 0.05) is 31.0 Å². The average Bonchev–Trinajstić information content (AvgIpc) is 2.61. The van der Waals surface area contributed by atoms with Crippen LogP contribution < -0.4 is 4.90 Å². The second kappa shape index (κ2) is 6.56. The number of aromatic nitrogens is 2. The minimum atomic E-state index is 0.189. The number of rotatable bonds is 2. The Morgan fingerprint density at radius 2 is 2.08 bits per heavy atom. The first-order valence-corrected chi connectivity index (χ1v) is 9.05. The van der Waals surface area contributed by atoms with Gasteiger partial charge in [0.1, 0.15) is 5.82 Å². The van der Waals surface area contributed by atoms with E-state index in [-0.39, 0.29) is 11.9 Å². The Balaban J connectivity index is 1.51. The quantitative estimate of drug-likeness (QED) is 0.845. The van der Waals surface area contributed by atoms with Gasteiger partial charge >= 0.3 is 0 Å². The molecule has 0 saturated heterocycles. The number of nitrogens with zero attached hydrogens (tertiary/aromatic N) is 4. The van der Waals surface area contributed by atoms with E-state index in [0.717, 1.165) is 49.6 Å². The SMILES string of the molecule is Cc1ncc2c(n1)CN(CC(=O)N1c3ccccc3CC[C@H]1C)CC2. The van der Waals surface area contributed by atoms with Crippen LogP contribution in [0.1, 0.15) is 36.0 Å². The fourth-order valence-corrected chi connectivity index (χ4v) is 3.93. The van der Waals surface area contributed by atoms with Crippen molar-refractivity contribution < 1.29 is 4.79 Å². The number of hydrogen-bond acceptors (Lipinski definition) is 4. The van der Waals surface area contributed by atoms with Crippen molar-refractivity contribution in [1.29, 1.82) is 0 Å². The fraction of sp³-hybridized carbons (Fsp3) is 0.450. The lowest BCUT2D eigenvalue weighted by molar-refractivity contribution is -0.120. The molecule has 130 valence electrons. The number of benzene rings is 1. The van der Waals surface area contributed by atoms with E-state index in [1.165, 1.54) is 11.1 Å². The molecule has 0 aliphatic carbocycles. The molecule has 5 heteroatoms. The van der Waals surface area contributed by atoms with Crippen LogP contribution in [-0.2, 0) is 24.2 Å².